The molecule has 1 N–H and O–H groups in total. The Hall–Kier alpha value is -3.45. The van der Waals surface area contributed by atoms with Crippen molar-refractivity contribution < 1.29 is 35.9 Å². The fourth-order valence-electron chi connectivity index (χ4n) is 6.22. The number of carbonyl (C=O) groups is 1. The summed E-state index contributed by atoms with van der Waals surface area (Å²) < 4.78 is 80.4. The molecule has 0 saturated carbocycles. The molecule has 12 heteroatoms. The number of nitrogens with zero attached hydrogens (tertiary/aromatic N) is 2. The second-order valence-electron chi connectivity index (χ2n) is 11.3. The van der Waals surface area contributed by atoms with Crippen LogP contribution in [0, 0.1) is 0 Å². The third-order valence-electron chi connectivity index (χ3n) is 8.47. The predicted molar refractivity (Wildman–Crippen MR) is 156 cm³/mol. The van der Waals surface area contributed by atoms with Gasteiger partial charge < -0.3 is 14.8 Å². The van der Waals surface area contributed by atoms with Crippen LogP contribution in [-0.4, -0.2) is 63.0 Å². The smallest absolute Gasteiger partial charge is 0.416 e. The lowest BCUT2D eigenvalue weighted by molar-refractivity contribution is -0.137. The molecule has 0 spiro atoms. The second-order valence-corrected chi connectivity index (χ2v) is 13.2. The molecular weight excluding hydrogens is 595 g/mol. The van der Waals surface area contributed by atoms with Crippen molar-refractivity contribution in [2.45, 2.75) is 49.0 Å². The fourth-order valence-corrected chi connectivity index (χ4v) is 7.88. The Morgan fingerprint density at radius 2 is 1.73 bits per heavy atom. The molecular formula is C32H34F3N3O5S. The summed E-state index contributed by atoms with van der Waals surface area (Å²) in [5.41, 5.74) is 2.49. The normalized spacial score (nSPS) is 21.2. The minimum atomic E-state index is -4.69. The number of hydrogen-bond donors (Lipinski definition) is 1. The van der Waals surface area contributed by atoms with Crippen molar-refractivity contribution in [3.05, 3.63) is 94.5 Å². The first-order valence-corrected chi connectivity index (χ1v) is 16.2. The molecule has 0 radical (unpaired) electrons. The molecule has 3 heterocycles. The molecule has 0 aliphatic carbocycles. The lowest BCUT2D eigenvalue weighted by atomic mass is 9.92. The monoisotopic (exact) mass is 629 g/mol. The van der Waals surface area contributed by atoms with Gasteiger partial charge in [-0.25, -0.2) is 8.42 Å². The van der Waals surface area contributed by atoms with Crippen molar-refractivity contribution in [3.8, 4) is 5.75 Å². The summed E-state index contributed by atoms with van der Waals surface area (Å²) in [6.07, 6.45) is -3.94. The maximum absolute atomic E-state index is 13.8. The third kappa shape index (κ3) is 6.49. The van der Waals surface area contributed by atoms with Gasteiger partial charge in [-0.05, 0) is 47.4 Å². The van der Waals surface area contributed by atoms with Gasteiger partial charge in [0.05, 0.1) is 42.4 Å². The average molecular weight is 630 g/mol. The van der Waals surface area contributed by atoms with Crippen molar-refractivity contribution in [1.29, 1.82) is 0 Å². The second kappa shape index (κ2) is 12.5. The van der Waals surface area contributed by atoms with Gasteiger partial charge in [-0.1, -0.05) is 42.5 Å². The molecule has 3 aromatic rings. The highest BCUT2D eigenvalue weighted by molar-refractivity contribution is 7.89. The van der Waals surface area contributed by atoms with E-state index in [1.54, 1.807) is 12.1 Å². The quantitative estimate of drug-likeness (QED) is 0.402. The minimum absolute atomic E-state index is 0.0412. The van der Waals surface area contributed by atoms with Crippen LogP contribution in [0.4, 0.5) is 13.2 Å². The Balaban J connectivity index is 1.22. The van der Waals surface area contributed by atoms with Gasteiger partial charge in [0.1, 0.15) is 5.75 Å². The maximum atomic E-state index is 13.8. The van der Waals surface area contributed by atoms with Crippen LogP contribution in [0.1, 0.15) is 52.7 Å². The number of halogens is 3. The number of fused-ring (bicyclic) bond motifs is 2. The molecule has 0 bridgehead atoms. The zero-order valence-electron chi connectivity index (χ0n) is 24.1. The molecule has 3 aliphatic heterocycles. The number of amides is 1. The molecule has 1 saturated heterocycles. The molecule has 8 nitrogen and oxygen atoms in total. The number of rotatable bonds is 7. The van der Waals surface area contributed by atoms with Crippen LogP contribution in [-0.2, 0) is 38.7 Å². The number of hydrogen-bond acceptors (Lipinski definition) is 6. The zero-order valence-corrected chi connectivity index (χ0v) is 24.9. The van der Waals surface area contributed by atoms with Crippen molar-refractivity contribution >= 4 is 15.9 Å². The van der Waals surface area contributed by atoms with Crippen LogP contribution in [0.2, 0.25) is 0 Å². The van der Waals surface area contributed by atoms with Crippen LogP contribution in [0.25, 0.3) is 0 Å². The molecule has 1 fully saturated rings. The van der Waals surface area contributed by atoms with Gasteiger partial charge >= 0.3 is 6.18 Å². The van der Waals surface area contributed by atoms with E-state index in [0.717, 1.165) is 54.5 Å². The Morgan fingerprint density at radius 3 is 2.52 bits per heavy atom. The van der Waals surface area contributed by atoms with Crippen molar-refractivity contribution in [2.75, 3.05) is 39.5 Å². The van der Waals surface area contributed by atoms with Crippen molar-refractivity contribution in [1.82, 2.24) is 14.5 Å². The number of alkyl halides is 3. The standard InChI is InChI=1S/C32H34F3N3O5S/c33-32(34,35)24-5-3-6-25(19-24)44(40,41)38-12-10-23-4-1-2-7-26(23)29(38)20-31(39)36-28-11-15-43-30-18-22(8-9-27(28)30)21-37-13-16-42-17-14-37/h1-9,18-19,28-29H,10-17,20-21H2,(H,36,39). The lowest BCUT2D eigenvalue weighted by Gasteiger charge is -2.36. The Morgan fingerprint density at radius 1 is 0.932 bits per heavy atom. The van der Waals surface area contributed by atoms with Crippen molar-refractivity contribution in [3.63, 3.8) is 0 Å². The average Bonchev–Trinajstić information content (AvgIpc) is 3.01. The van der Waals surface area contributed by atoms with Gasteiger partial charge in [-0.3, -0.25) is 9.69 Å². The number of benzene rings is 3. The maximum Gasteiger partial charge on any atom is 0.416 e. The molecule has 3 aromatic carbocycles. The number of sulfonamides is 1. The van der Waals surface area contributed by atoms with Gasteiger partial charge in [0, 0.05) is 44.6 Å². The number of morpholine rings is 1. The van der Waals surface area contributed by atoms with Crippen LogP contribution in [0.5, 0.6) is 5.75 Å². The SMILES string of the molecule is O=C(CC1c2ccccc2CCN1S(=O)(=O)c1cccc(C(F)(F)F)c1)NC1CCOc2cc(CN3CCOCC3)ccc21. The first kappa shape index (κ1) is 30.6. The highest BCUT2D eigenvalue weighted by Crippen LogP contribution is 2.39. The minimum Gasteiger partial charge on any atom is -0.493 e. The van der Waals surface area contributed by atoms with Crippen LogP contribution < -0.4 is 10.1 Å². The summed E-state index contributed by atoms with van der Waals surface area (Å²) in [4.78, 5) is 15.4. The molecule has 2 unspecified atom stereocenters. The van der Waals surface area contributed by atoms with E-state index in [0.29, 0.717) is 50.0 Å². The zero-order chi connectivity index (χ0) is 30.9. The molecule has 2 atom stereocenters. The van der Waals surface area contributed by atoms with E-state index >= 15 is 0 Å². The van der Waals surface area contributed by atoms with Crippen LogP contribution in [0.3, 0.4) is 0 Å². The van der Waals surface area contributed by atoms with Gasteiger partial charge in [-0.2, -0.15) is 17.5 Å². The summed E-state index contributed by atoms with van der Waals surface area (Å²) in [5, 5.41) is 3.08. The molecule has 6 rings (SSSR count). The lowest BCUT2D eigenvalue weighted by Crippen LogP contribution is -2.43. The van der Waals surface area contributed by atoms with Crippen molar-refractivity contribution in [2.24, 2.45) is 0 Å². The molecule has 3 aliphatic rings. The molecule has 234 valence electrons. The van der Waals surface area contributed by atoms with E-state index in [1.807, 2.05) is 30.3 Å². The first-order valence-electron chi connectivity index (χ1n) is 14.7. The van der Waals surface area contributed by atoms with E-state index in [1.165, 1.54) is 4.31 Å². The largest absolute Gasteiger partial charge is 0.493 e. The van der Waals surface area contributed by atoms with Crippen LogP contribution in [0.15, 0.2) is 71.6 Å². The Labute approximate surface area is 254 Å². The number of nitrogens with one attached hydrogen (secondary N) is 1. The summed E-state index contributed by atoms with van der Waals surface area (Å²) in [6, 6.07) is 15.8. The van der Waals surface area contributed by atoms with E-state index in [4.69, 9.17) is 9.47 Å². The number of carbonyl (C=O) groups excluding carboxylic acids is 1. The van der Waals surface area contributed by atoms with Crippen LogP contribution >= 0.6 is 0 Å². The summed E-state index contributed by atoms with van der Waals surface area (Å²) in [7, 11) is -4.36. The van der Waals surface area contributed by atoms with Gasteiger partial charge in [0.15, 0.2) is 0 Å². The van der Waals surface area contributed by atoms with Gasteiger partial charge in [0.2, 0.25) is 15.9 Å². The van der Waals surface area contributed by atoms with E-state index in [9.17, 15) is 26.4 Å². The predicted octanol–water partition coefficient (Wildman–Crippen LogP) is 4.86. The fraction of sp³-hybridized carbons (Fsp3) is 0.406. The third-order valence-corrected chi connectivity index (χ3v) is 10.4. The topological polar surface area (TPSA) is 88.2 Å². The molecule has 1 amide bonds. The molecule has 0 aromatic heterocycles. The van der Waals surface area contributed by atoms with Gasteiger partial charge in [-0.15, -0.1) is 0 Å². The van der Waals surface area contributed by atoms with E-state index in [2.05, 4.69) is 10.2 Å². The highest BCUT2D eigenvalue weighted by Gasteiger charge is 2.39. The molecule has 44 heavy (non-hydrogen) atoms. The van der Waals surface area contributed by atoms with Gasteiger partial charge in [0.25, 0.3) is 0 Å². The van der Waals surface area contributed by atoms with E-state index in [-0.39, 0.29) is 24.9 Å². The first-order chi connectivity index (χ1) is 21.1. The summed E-state index contributed by atoms with van der Waals surface area (Å²) in [6.45, 7) is 4.37. The summed E-state index contributed by atoms with van der Waals surface area (Å²) in [5.74, 6) is 0.357. The number of ether oxygens (including phenoxy) is 2. The van der Waals surface area contributed by atoms with E-state index < -0.39 is 32.7 Å². The highest BCUT2D eigenvalue weighted by atomic mass is 32.2. The summed E-state index contributed by atoms with van der Waals surface area (Å²) >= 11 is 0. The Kier molecular flexibility index (Phi) is 8.69. The Bertz CT molecular complexity index is 1630.